The van der Waals surface area contributed by atoms with E-state index in [4.69, 9.17) is 4.74 Å². The zero-order chi connectivity index (χ0) is 24.0. The highest BCUT2D eigenvalue weighted by atomic mass is 16.6. The summed E-state index contributed by atoms with van der Waals surface area (Å²) in [5.41, 5.74) is -0.355. The van der Waals surface area contributed by atoms with Gasteiger partial charge in [0.15, 0.2) is 0 Å². The Bertz CT molecular complexity index is 956. The number of Topliss-reactive ketones (excluding diaryl/α,β-unsaturated/α-hetero) is 1. The first-order valence-electron chi connectivity index (χ1n) is 11.5. The van der Waals surface area contributed by atoms with E-state index in [9.17, 15) is 24.3 Å². The second-order valence-electron chi connectivity index (χ2n) is 10.6. The molecule has 0 aromatic heterocycles. The van der Waals surface area contributed by atoms with Crippen LogP contribution in [0.5, 0.6) is 5.75 Å². The predicted octanol–water partition coefficient (Wildman–Crippen LogP) is 3.03. The first-order chi connectivity index (χ1) is 15.5. The fourth-order valence-corrected chi connectivity index (χ4v) is 6.57. The summed E-state index contributed by atoms with van der Waals surface area (Å²) >= 11 is 0. The highest BCUT2D eigenvalue weighted by Crippen LogP contribution is 2.65. The van der Waals surface area contributed by atoms with Crippen molar-refractivity contribution in [1.29, 1.82) is 0 Å². The Kier molecular flexibility index (Phi) is 5.97. The van der Waals surface area contributed by atoms with Gasteiger partial charge in [0, 0.05) is 25.9 Å². The molecule has 4 aliphatic rings. The van der Waals surface area contributed by atoms with Crippen molar-refractivity contribution in [1.82, 2.24) is 10.2 Å². The summed E-state index contributed by atoms with van der Waals surface area (Å²) in [6.07, 6.45) is 4.41. The van der Waals surface area contributed by atoms with E-state index < -0.39 is 28.9 Å². The summed E-state index contributed by atoms with van der Waals surface area (Å²) in [5, 5.41) is 12.6. The predicted molar refractivity (Wildman–Crippen MR) is 120 cm³/mol. The van der Waals surface area contributed by atoms with Crippen LogP contribution in [-0.2, 0) is 20.8 Å². The van der Waals surface area contributed by atoms with E-state index >= 15 is 0 Å². The van der Waals surface area contributed by atoms with Crippen LogP contribution >= 0.6 is 0 Å². The van der Waals surface area contributed by atoms with Crippen molar-refractivity contribution in [2.24, 2.45) is 22.7 Å². The minimum atomic E-state index is -1.10. The van der Waals surface area contributed by atoms with E-state index in [2.05, 4.69) is 5.32 Å². The molecular weight excluding hydrogens is 424 g/mol. The van der Waals surface area contributed by atoms with Crippen molar-refractivity contribution in [3.8, 4) is 5.75 Å². The van der Waals surface area contributed by atoms with Gasteiger partial charge in [0.1, 0.15) is 17.6 Å². The molecule has 2 N–H and O–H groups in total. The van der Waals surface area contributed by atoms with Gasteiger partial charge in [-0.05, 0) is 75.0 Å². The third-order valence-corrected chi connectivity index (χ3v) is 7.83. The number of carboxylic acids is 1. The number of nitrogens with zero attached hydrogens (tertiary/aromatic N) is 1. The van der Waals surface area contributed by atoms with Crippen molar-refractivity contribution in [3.63, 3.8) is 0 Å². The number of ether oxygens (including phenoxy) is 1. The van der Waals surface area contributed by atoms with Crippen LogP contribution in [0.2, 0.25) is 0 Å². The number of carbonyl (C=O) groups excluding carboxylic acids is 3. The molecular formula is C25H32N2O6. The van der Waals surface area contributed by atoms with Gasteiger partial charge in [0.25, 0.3) is 0 Å². The molecule has 0 saturated heterocycles. The molecule has 4 fully saturated rings. The molecule has 8 heteroatoms. The maximum absolute atomic E-state index is 13.5. The third-order valence-electron chi connectivity index (χ3n) is 7.83. The van der Waals surface area contributed by atoms with E-state index in [0.29, 0.717) is 29.6 Å². The molecule has 0 spiro atoms. The number of nitrogens with one attached hydrogen (secondary N) is 1. The second kappa shape index (κ2) is 8.47. The number of hydrogen-bond donors (Lipinski definition) is 2. The van der Waals surface area contributed by atoms with E-state index in [1.54, 1.807) is 45.3 Å². The molecule has 0 radical (unpaired) electrons. The van der Waals surface area contributed by atoms with Crippen molar-refractivity contribution < 1.29 is 29.0 Å². The lowest BCUT2D eigenvalue weighted by atomic mass is 9.43. The minimum absolute atomic E-state index is 0.115. The van der Waals surface area contributed by atoms with Gasteiger partial charge in [0.05, 0.1) is 5.41 Å². The fraction of sp³-hybridized carbons (Fsp3) is 0.600. The second-order valence-corrected chi connectivity index (χ2v) is 10.6. The molecule has 1 aromatic rings. The molecule has 5 rings (SSSR count). The van der Waals surface area contributed by atoms with Crippen LogP contribution in [0.3, 0.4) is 0 Å². The molecule has 3 atom stereocenters. The number of benzene rings is 1. The topological polar surface area (TPSA) is 113 Å². The maximum atomic E-state index is 13.5. The van der Waals surface area contributed by atoms with Gasteiger partial charge in [-0.25, -0.2) is 9.59 Å². The fourth-order valence-electron chi connectivity index (χ4n) is 6.57. The van der Waals surface area contributed by atoms with Crippen molar-refractivity contribution >= 4 is 23.8 Å². The zero-order valence-corrected chi connectivity index (χ0v) is 19.4. The Morgan fingerprint density at radius 3 is 2.15 bits per heavy atom. The van der Waals surface area contributed by atoms with Crippen molar-refractivity contribution in [3.05, 3.63) is 29.8 Å². The lowest BCUT2D eigenvalue weighted by Crippen LogP contribution is -2.61. The molecule has 4 bridgehead atoms. The number of ketones is 1. The van der Waals surface area contributed by atoms with Crippen molar-refractivity contribution in [2.45, 2.75) is 57.9 Å². The van der Waals surface area contributed by atoms with Gasteiger partial charge in [-0.15, -0.1) is 0 Å². The number of aliphatic carboxylic acids is 1. The quantitative estimate of drug-likeness (QED) is 0.652. The number of carbonyl (C=O) groups is 4. The van der Waals surface area contributed by atoms with E-state index in [0.717, 1.165) is 32.1 Å². The first kappa shape index (κ1) is 23.3. The Balaban J connectivity index is 1.45. The molecule has 0 aliphatic heterocycles. The summed E-state index contributed by atoms with van der Waals surface area (Å²) in [4.78, 5) is 50.9. The van der Waals surface area contributed by atoms with Gasteiger partial charge in [-0.3, -0.25) is 9.59 Å². The summed E-state index contributed by atoms with van der Waals surface area (Å²) in [5.74, 6) is -0.0816. The maximum Gasteiger partial charge on any atom is 0.414 e. The number of amides is 2. The Hall–Kier alpha value is -2.90. The molecule has 0 heterocycles. The molecule has 178 valence electrons. The van der Waals surface area contributed by atoms with Gasteiger partial charge in [-0.2, -0.15) is 0 Å². The van der Waals surface area contributed by atoms with Crippen LogP contribution in [0.15, 0.2) is 24.3 Å². The molecule has 33 heavy (non-hydrogen) atoms. The van der Waals surface area contributed by atoms with Gasteiger partial charge in [-0.1, -0.05) is 12.1 Å². The lowest BCUT2D eigenvalue weighted by Gasteiger charge is -2.60. The molecule has 2 unspecified atom stereocenters. The standard InChI is InChI=1S/C25H32N2O6/c1-15(28)24-10-17-8-18(11-24)13-25(12-17,14-24)22(31)26-20(21(29)30)9-16-4-6-19(7-5-16)33-23(32)27(2)3/h4-7,17-18,20H,8-14H2,1-3H3,(H,26,31)(H,29,30)/t17?,18?,20-,24?,25?/m0/s1. The molecule has 1 aromatic carbocycles. The monoisotopic (exact) mass is 456 g/mol. The van der Waals surface area contributed by atoms with Crippen LogP contribution < -0.4 is 10.1 Å². The molecule has 2 amide bonds. The van der Waals surface area contributed by atoms with Crippen LogP contribution in [0.25, 0.3) is 0 Å². The Labute approximate surface area is 193 Å². The van der Waals surface area contributed by atoms with Crippen molar-refractivity contribution in [2.75, 3.05) is 14.1 Å². The van der Waals surface area contributed by atoms with Crippen LogP contribution in [0.4, 0.5) is 4.79 Å². The molecule has 4 saturated carbocycles. The summed E-state index contributed by atoms with van der Waals surface area (Å²) in [6.45, 7) is 1.64. The normalized spacial score (nSPS) is 30.4. The lowest BCUT2D eigenvalue weighted by molar-refractivity contribution is -0.166. The highest BCUT2D eigenvalue weighted by molar-refractivity contribution is 5.90. The SMILES string of the molecule is CC(=O)C12CC3CC(C1)CC(C(=O)N[C@@H](Cc1ccc(OC(=O)N(C)C)cc1)C(=O)O)(C3)C2. The van der Waals surface area contributed by atoms with Crippen LogP contribution in [0.1, 0.15) is 51.0 Å². The summed E-state index contributed by atoms with van der Waals surface area (Å²) < 4.78 is 5.19. The summed E-state index contributed by atoms with van der Waals surface area (Å²) in [7, 11) is 3.16. The van der Waals surface area contributed by atoms with E-state index in [1.807, 2.05) is 0 Å². The Morgan fingerprint density at radius 1 is 1.06 bits per heavy atom. The van der Waals surface area contributed by atoms with Gasteiger partial charge in [0.2, 0.25) is 5.91 Å². The van der Waals surface area contributed by atoms with E-state index in [-0.39, 0.29) is 18.1 Å². The van der Waals surface area contributed by atoms with Gasteiger partial charge >= 0.3 is 12.1 Å². The van der Waals surface area contributed by atoms with Crippen LogP contribution in [-0.4, -0.2) is 53.9 Å². The smallest absolute Gasteiger partial charge is 0.414 e. The Morgan fingerprint density at radius 2 is 1.64 bits per heavy atom. The largest absolute Gasteiger partial charge is 0.480 e. The minimum Gasteiger partial charge on any atom is -0.480 e. The molecule has 8 nitrogen and oxygen atoms in total. The third kappa shape index (κ3) is 4.48. The number of hydrogen-bond acceptors (Lipinski definition) is 5. The average molecular weight is 457 g/mol. The molecule has 4 aliphatic carbocycles. The van der Waals surface area contributed by atoms with Crippen LogP contribution in [0, 0.1) is 22.7 Å². The highest BCUT2D eigenvalue weighted by Gasteiger charge is 2.62. The number of carboxylic acid groups (broad SMARTS) is 1. The number of rotatable bonds is 7. The zero-order valence-electron chi connectivity index (χ0n) is 19.4. The van der Waals surface area contributed by atoms with E-state index in [1.165, 1.54) is 4.90 Å². The summed E-state index contributed by atoms with van der Waals surface area (Å²) in [6, 6.07) is 5.51. The first-order valence-corrected chi connectivity index (χ1v) is 11.5. The van der Waals surface area contributed by atoms with Gasteiger partial charge < -0.3 is 20.1 Å². The average Bonchev–Trinajstić information content (AvgIpc) is 2.73.